The Kier molecular flexibility index (Phi) is 6.53. The number of ether oxygens (including phenoxy) is 1. The number of halogens is 3. The molecule has 0 radical (unpaired) electrons. The normalized spacial score (nSPS) is 13.3. The predicted molar refractivity (Wildman–Crippen MR) is 103 cm³/mol. The number of amides is 2. The summed E-state index contributed by atoms with van der Waals surface area (Å²) in [7, 11) is 1.24. The molecule has 0 bridgehead atoms. The summed E-state index contributed by atoms with van der Waals surface area (Å²) < 4.78 is 52.1. The van der Waals surface area contributed by atoms with Crippen LogP contribution in [-0.2, 0) is 24.1 Å². The summed E-state index contributed by atoms with van der Waals surface area (Å²) in [6.07, 6.45) is -4.36. The molecule has 2 heterocycles. The summed E-state index contributed by atoms with van der Waals surface area (Å²) >= 11 is 0. The highest BCUT2D eigenvalue weighted by molar-refractivity contribution is 5.93. The second-order valence-electron chi connectivity index (χ2n) is 6.77. The van der Waals surface area contributed by atoms with E-state index in [-0.39, 0.29) is 12.4 Å². The van der Waals surface area contributed by atoms with Gasteiger partial charge in [0.1, 0.15) is 18.1 Å². The first-order valence-electron chi connectivity index (χ1n) is 9.23. The minimum Gasteiger partial charge on any atom is -0.486 e. The van der Waals surface area contributed by atoms with Crippen LogP contribution in [0, 0.1) is 0 Å². The number of hydrogen-bond donors (Lipinski definition) is 3. The molecule has 0 aliphatic rings. The number of aryl methyl sites for hydroxylation is 1. The van der Waals surface area contributed by atoms with Gasteiger partial charge in [-0.2, -0.15) is 13.2 Å². The lowest BCUT2D eigenvalue weighted by Crippen LogP contribution is -2.50. The average Bonchev–Trinajstić information content (AvgIpc) is 3.39. The number of rotatable bonds is 7. The number of benzene rings is 1. The second-order valence-corrected chi connectivity index (χ2v) is 6.77. The molecule has 0 aliphatic carbocycles. The number of carbonyl (C=O) groups excluding carboxylic acids is 2. The first-order chi connectivity index (χ1) is 15.1. The molecule has 0 saturated carbocycles. The number of nitrogens with zero attached hydrogens (tertiary/aromatic N) is 2. The summed E-state index contributed by atoms with van der Waals surface area (Å²) in [6.45, 7) is 0.0337. The van der Waals surface area contributed by atoms with Gasteiger partial charge >= 0.3 is 12.1 Å². The Morgan fingerprint density at radius 3 is 2.50 bits per heavy atom. The summed E-state index contributed by atoms with van der Waals surface area (Å²) in [5.74, 6) is -2.26. The van der Waals surface area contributed by atoms with Crippen molar-refractivity contribution < 1.29 is 37.0 Å². The molecule has 0 fully saturated rings. The van der Waals surface area contributed by atoms with Crippen LogP contribution in [0.3, 0.4) is 0 Å². The zero-order valence-corrected chi connectivity index (χ0v) is 16.7. The minimum atomic E-state index is -5.19. The number of para-hydroxylation sites is 1. The van der Waals surface area contributed by atoms with Gasteiger partial charge in [-0.25, -0.2) is 4.98 Å². The lowest BCUT2D eigenvalue weighted by Gasteiger charge is -2.29. The van der Waals surface area contributed by atoms with Crippen molar-refractivity contribution in [2.24, 2.45) is 7.05 Å². The molecule has 3 aromatic rings. The van der Waals surface area contributed by atoms with E-state index >= 15 is 0 Å². The summed E-state index contributed by atoms with van der Waals surface area (Å²) in [4.78, 5) is 27.7. The summed E-state index contributed by atoms with van der Waals surface area (Å²) in [5, 5.41) is 10.2. The lowest BCUT2D eigenvalue weighted by molar-refractivity contribution is -0.271. The molecule has 32 heavy (non-hydrogen) atoms. The summed E-state index contributed by atoms with van der Waals surface area (Å²) in [5.41, 5.74) is 0.223. The Balaban J connectivity index is 1.57. The zero-order valence-electron chi connectivity index (χ0n) is 16.7. The summed E-state index contributed by atoms with van der Waals surface area (Å²) in [6, 6.07) is 11.6. The highest BCUT2D eigenvalue weighted by Crippen LogP contribution is 2.40. The maximum Gasteiger partial charge on any atom is 0.425 e. The maximum absolute atomic E-state index is 13.5. The van der Waals surface area contributed by atoms with Crippen LogP contribution in [0.1, 0.15) is 28.6 Å². The van der Waals surface area contributed by atoms with Crippen molar-refractivity contribution in [1.29, 1.82) is 0 Å². The average molecular weight is 452 g/mol. The van der Waals surface area contributed by atoms with Gasteiger partial charge < -0.3 is 18.8 Å². The van der Waals surface area contributed by atoms with Gasteiger partial charge in [0.2, 0.25) is 11.5 Å². The molecule has 170 valence electrons. The van der Waals surface area contributed by atoms with E-state index in [2.05, 4.69) is 4.98 Å². The van der Waals surface area contributed by atoms with Crippen molar-refractivity contribution in [2.45, 2.75) is 24.8 Å². The standard InChI is InChI=1S/C20H19F3N4O5/c1-27-10-9-24-18(27)19(30,20(21,22)23)11-16(28)25-26-17(29)15-8-7-14(32-15)12-31-13-5-3-2-4-6-13/h2-10,30H,11-12H2,1H3,(H,25,28)(H,26,29). The minimum absolute atomic E-state index is 0.0337. The number of furan rings is 1. The molecular weight excluding hydrogens is 433 g/mol. The SMILES string of the molecule is Cn1ccnc1C(O)(CC(=O)NNC(=O)c1ccc(COc2ccccc2)o1)C(F)(F)F. The number of hydrazine groups is 1. The maximum atomic E-state index is 13.5. The van der Waals surface area contributed by atoms with Crippen LogP contribution in [-0.4, -0.2) is 32.6 Å². The van der Waals surface area contributed by atoms with E-state index in [0.29, 0.717) is 11.5 Å². The molecule has 12 heteroatoms. The third-order valence-electron chi connectivity index (χ3n) is 4.40. The van der Waals surface area contributed by atoms with Gasteiger partial charge in [-0.3, -0.25) is 20.4 Å². The van der Waals surface area contributed by atoms with Crippen molar-refractivity contribution in [1.82, 2.24) is 20.4 Å². The van der Waals surface area contributed by atoms with Gasteiger partial charge in [0.25, 0.3) is 0 Å². The topological polar surface area (TPSA) is 119 Å². The van der Waals surface area contributed by atoms with Crippen LogP contribution in [0.15, 0.2) is 59.3 Å². The van der Waals surface area contributed by atoms with Crippen molar-refractivity contribution in [3.63, 3.8) is 0 Å². The van der Waals surface area contributed by atoms with Crippen LogP contribution in [0.2, 0.25) is 0 Å². The number of nitrogens with one attached hydrogen (secondary N) is 2. The molecule has 1 aromatic carbocycles. The highest BCUT2D eigenvalue weighted by Gasteiger charge is 2.58. The number of carbonyl (C=O) groups is 2. The fourth-order valence-corrected chi connectivity index (χ4v) is 2.78. The van der Waals surface area contributed by atoms with Gasteiger partial charge in [-0.15, -0.1) is 0 Å². The van der Waals surface area contributed by atoms with Crippen LogP contribution < -0.4 is 15.6 Å². The number of imidazole rings is 1. The van der Waals surface area contributed by atoms with Gasteiger partial charge in [-0.1, -0.05) is 18.2 Å². The lowest BCUT2D eigenvalue weighted by atomic mass is 9.97. The van der Waals surface area contributed by atoms with Crippen LogP contribution >= 0.6 is 0 Å². The molecule has 2 amide bonds. The molecule has 3 rings (SSSR count). The van der Waals surface area contributed by atoms with Crippen LogP contribution in [0.4, 0.5) is 13.2 Å². The van der Waals surface area contributed by atoms with E-state index in [4.69, 9.17) is 9.15 Å². The third kappa shape index (κ3) is 5.09. The molecule has 3 N–H and O–H groups in total. The molecule has 0 aliphatic heterocycles. The van der Waals surface area contributed by atoms with E-state index in [1.54, 1.807) is 24.3 Å². The predicted octanol–water partition coefficient (Wildman–Crippen LogP) is 2.19. The van der Waals surface area contributed by atoms with Gasteiger partial charge in [0, 0.05) is 19.4 Å². The van der Waals surface area contributed by atoms with Crippen molar-refractivity contribution in [3.05, 3.63) is 72.2 Å². The zero-order chi connectivity index (χ0) is 23.4. The van der Waals surface area contributed by atoms with Gasteiger partial charge in [0.05, 0.1) is 6.42 Å². The van der Waals surface area contributed by atoms with Gasteiger partial charge in [0.15, 0.2) is 11.6 Å². The monoisotopic (exact) mass is 452 g/mol. The van der Waals surface area contributed by atoms with E-state index in [1.807, 2.05) is 16.9 Å². The first-order valence-corrected chi connectivity index (χ1v) is 9.23. The fourth-order valence-electron chi connectivity index (χ4n) is 2.78. The Hall–Kier alpha value is -3.80. The molecular formula is C20H19F3N4O5. The Morgan fingerprint density at radius 2 is 1.88 bits per heavy atom. The molecule has 9 nitrogen and oxygen atoms in total. The number of aromatic nitrogens is 2. The van der Waals surface area contributed by atoms with E-state index < -0.39 is 35.8 Å². The smallest absolute Gasteiger partial charge is 0.425 e. The van der Waals surface area contributed by atoms with Crippen LogP contribution in [0.5, 0.6) is 5.75 Å². The largest absolute Gasteiger partial charge is 0.486 e. The number of aliphatic hydroxyl groups is 1. The van der Waals surface area contributed by atoms with E-state index in [9.17, 15) is 27.9 Å². The van der Waals surface area contributed by atoms with Gasteiger partial charge in [-0.05, 0) is 24.3 Å². The van der Waals surface area contributed by atoms with Crippen molar-refractivity contribution >= 4 is 11.8 Å². The quantitative estimate of drug-likeness (QED) is 0.473. The first kappa shape index (κ1) is 22.9. The van der Waals surface area contributed by atoms with Crippen molar-refractivity contribution in [2.75, 3.05) is 0 Å². The Bertz CT molecular complexity index is 1080. The molecule has 0 spiro atoms. The van der Waals surface area contributed by atoms with E-state index in [0.717, 1.165) is 10.8 Å². The number of alkyl halides is 3. The third-order valence-corrected chi connectivity index (χ3v) is 4.40. The fraction of sp³-hybridized carbons (Fsp3) is 0.250. The van der Waals surface area contributed by atoms with Crippen LogP contribution in [0.25, 0.3) is 0 Å². The molecule has 1 unspecified atom stereocenters. The van der Waals surface area contributed by atoms with Crippen molar-refractivity contribution in [3.8, 4) is 5.75 Å². The molecule has 1 atom stereocenters. The highest BCUT2D eigenvalue weighted by atomic mass is 19.4. The Labute approximate surface area is 179 Å². The number of hydrogen-bond acceptors (Lipinski definition) is 6. The van der Waals surface area contributed by atoms with E-state index in [1.165, 1.54) is 25.4 Å². The molecule has 0 saturated heterocycles. The molecule has 2 aromatic heterocycles. The Morgan fingerprint density at radius 1 is 1.16 bits per heavy atom. The second kappa shape index (κ2) is 9.14.